The molecule has 0 aliphatic rings. The second-order valence-corrected chi connectivity index (χ2v) is 4.49. The van der Waals surface area contributed by atoms with E-state index in [2.05, 4.69) is 5.32 Å². The number of nitrogens with one attached hydrogen (secondary N) is 1. The fourth-order valence-corrected chi connectivity index (χ4v) is 1.70. The average Bonchev–Trinajstić information content (AvgIpc) is 2.34. The fourth-order valence-electron chi connectivity index (χ4n) is 1.57. The molecule has 2 aromatic carbocycles. The monoisotopic (exact) mass is 260 g/mol. The summed E-state index contributed by atoms with van der Waals surface area (Å²) in [5.41, 5.74) is 8.55. The Labute approximate surface area is 111 Å². The first-order chi connectivity index (χ1) is 8.56. The lowest BCUT2D eigenvalue weighted by molar-refractivity contribution is 0.102. The van der Waals surface area contributed by atoms with Gasteiger partial charge in [-0.25, -0.2) is 0 Å². The molecule has 0 aromatic heterocycles. The van der Waals surface area contributed by atoms with Crippen molar-refractivity contribution in [3.63, 3.8) is 0 Å². The fraction of sp³-hybridized carbons (Fsp3) is 0.0714. The normalized spacial score (nSPS) is 10.1. The second-order valence-electron chi connectivity index (χ2n) is 4.05. The van der Waals surface area contributed by atoms with E-state index >= 15 is 0 Å². The van der Waals surface area contributed by atoms with Crippen LogP contribution < -0.4 is 11.1 Å². The molecule has 0 bridgehead atoms. The number of nitrogens with two attached hydrogens (primary N) is 1. The zero-order chi connectivity index (χ0) is 13.1. The van der Waals surface area contributed by atoms with Crippen LogP contribution in [-0.4, -0.2) is 5.91 Å². The van der Waals surface area contributed by atoms with Gasteiger partial charge in [0.2, 0.25) is 0 Å². The van der Waals surface area contributed by atoms with Gasteiger partial charge in [-0.3, -0.25) is 4.79 Å². The number of rotatable bonds is 2. The molecule has 18 heavy (non-hydrogen) atoms. The highest BCUT2D eigenvalue weighted by Crippen LogP contribution is 2.20. The number of aryl methyl sites for hydroxylation is 1. The van der Waals surface area contributed by atoms with E-state index in [1.54, 1.807) is 30.3 Å². The van der Waals surface area contributed by atoms with Gasteiger partial charge in [-0.05, 0) is 48.9 Å². The highest BCUT2D eigenvalue weighted by molar-refractivity contribution is 6.30. The molecule has 1 amide bonds. The van der Waals surface area contributed by atoms with Crippen LogP contribution >= 0.6 is 11.6 Å². The summed E-state index contributed by atoms with van der Waals surface area (Å²) in [6.45, 7) is 1.94. The first-order valence-electron chi connectivity index (χ1n) is 5.49. The number of anilines is 2. The van der Waals surface area contributed by atoms with Crippen molar-refractivity contribution >= 4 is 28.9 Å². The summed E-state index contributed by atoms with van der Waals surface area (Å²) in [5.74, 6) is -0.205. The number of halogens is 1. The van der Waals surface area contributed by atoms with Crippen LogP contribution in [0.1, 0.15) is 15.9 Å². The number of benzene rings is 2. The first-order valence-corrected chi connectivity index (χ1v) is 5.87. The van der Waals surface area contributed by atoms with Crippen molar-refractivity contribution in [3.8, 4) is 0 Å². The summed E-state index contributed by atoms with van der Waals surface area (Å²) < 4.78 is 0. The van der Waals surface area contributed by atoms with Gasteiger partial charge in [-0.1, -0.05) is 17.7 Å². The third-order valence-corrected chi connectivity index (χ3v) is 2.82. The molecule has 0 fully saturated rings. The van der Waals surface area contributed by atoms with Crippen molar-refractivity contribution in [2.45, 2.75) is 6.92 Å². The Morgan fingerprint density at radius 3 is 2.50 bits per heavy atom. The molecule has 0 atom stereocenters. The minimum absolute atomic E-state index is 0.205. The second kappa shape index (κ2) is 5.10. The van der Waals surface area contributed by atoms with Crippen molar-refractivity contribution in [1.82, 2.24) is 0 Å². The lowest BCUT2D eigenvalue weighted by Crippen LogP contribution is -2.13. The Hall–Kier alpha value is -2.00. The van der Waals surface area contributed by atoms with Crippen molar-refractivity contribution in [1.29, 1.82) is 0 Å². The molecule has 0 radical (unpaired) electrons. The van der Waals surface area contributed by atoms with Gasteiger partial charge >= 0.3 is 0 Å². The van der Waals surface area contributed by atoms with E-state index in [-0.39, 0.29) is 5.91 Å². The molecule has 92 valence electrons. The Morgan fingerprint density at radius 1 is 1.17 bits per heavy atom. The van der Waals surface area contributed by atoms with Crippen LogP contribution in [0.15, 0.2) is 42.5 Å². The smallest absolute Gasteiger partial charge is 0.255 e. The number of carbonyl (C=O) groups excluding carboxylic acids is 1. The lowest BCUT2D eigenvalue weighted by atomic mass is 10.1. The summed E-state index contributed by atoms with van der Waals surface area (Å²) in [4.78, 5) is 12.0. The van der Waals surface area contributed by atoms with Crippen LogP contribution in [0.2, 0.25) is 5.02 Å². The van der Waals surface area contributed by atoms with Gasteiger partial charge in [0.15, 0.2) is 0 Å². The van der Waals surface area contributed by atoms with Crippen LogP contribution in [-0.2, 0) is 0 Å². The predicted molar refractivity (Wildman–Crippen MR) is 75.0 cm³/mol. The minimum Gasteiger partial charge on any atom is -0.397 e. The summed E-state index contributed by atoms with van der Waals surface area (Å²) >= 11 is 5.77. The third kappa shape index (κ3) is 2.81. The maximum absolute atomic E-state index is 12.0. The van der Waals surface area contributed by atoms with Gasteiger partial charge < -0.3 is 11.1 Å². The maximum atomic E-state index is 12.0. The molecule has 4 heteroatoms. The van der Waals surface area contributed by atoms with E-state index in [1.807, 2.05) is 19.1 Å². The lowest BCUT2D eigenvalue weighted by Gasteiger charge is -2.09. The van der Waals surface area contributed by atoms with Gasteiger partial charge in [-0.2, -0.15) is 0 Å². The largest absolute Gasteiger partial charge is 0.397 e. The molecule has 0 unspecified atom stereocenters. The van der Waals surface area contributed by atoms with Gasteiger partial charge in [0.05, 0.1) is 11.4 Å². The molecule has 3 nitrogen and oxygen atoms in total. The quantitative estimate of drug-likeness (QED) is 0.812. The molecule has 2 rings (SSSR count). The van der Waals surface area contributed by atoms with Crippen LogP contribution in [0.4, 0.5) is 11.4 Å². The van der Waals surface area contributed by atoms with Crippen molar-refractivity contribution in [2.75, 3.05) is 11.1 Å². The topological polar surface area (TPSA) is 55.1 Å². The zero-order valence-corrected chi connectivity index (χ0v) is 10.7. The highest BCUT2D eigenvalue weighted by Gasteiger charge is 2.07. The Bertz CT molecular complexity index is 579. The molecule has 0 saturated carbocycles. The van der Waals surface area contributed by atoms with Crippen LogP contribution in [0.25, 0.3) is 0 Å². The van der Waals surface area contributed by atoms with Gasteiger partial charge in [0.25, 0.3) is 5.91 Å². The Balaban J connectivity index is 2.21. The Kier molecular flexibility index (Phi) is 3.53. The van der Waals surface area contributed by atoms with Crippen molar-refractivity contribution in [3.05, 3.63) is 58.6 Å². The molecule has 3 N–H and O–H groups in total. The van der Waals surface area contributed by atoms with Crippen LogP contribution in [0.5, 0.6) is 0 Å². The van der Waals surface area contributed by atoms with E-state index in [9.17, 15) is 4.79 Å². The molecular weight excluding hydrogens is 248 g/mol. The predicted octanol–water partition coefficient (Wildman–Crippen LogP) is 3.48. The number of hydrogen-bond acceptors (Lipinski definition) is 2. The Morgan fingerprint density at radius 2 is 1.83 bits per heavy atom. The highest BCUT2D eigenvalue weighted by atomic mass is 35.5. The summed E-state index contributed by atoms with van der Waals surface area (Å²) in [6.07, 6.45) is 0. The summed E-state index contributed by atoms with van der Waals surface area (Å²) in [6, 6.07) is 12.2. The van der Waals surface area contributed by atoms with E-state index in [0.717, 1.165) is 5.56 Å². The average molecular weight is 261 g/mol. The third-order valence-electron chi connectivity index (χ3n) is 2.56. The maximum Gasteiger partial charge on any atom is 0.255 e. The molecule has 2 aromatic rings. The molecule has 0 aliphatic heterocycles. The van der Waals surface area contributed by atoms with Crippen molar-refractivity contribution < 1.29 is 4.79 Å². The summed E-state index contributed by atoms with van der Waals surface area (Å²) in [5, 5.41) is 3.38. The van der Waals surface area contributed by atoms with Crippen LogP contribution in [0.3, 0.4) is 0 Å². The molecular formula is C14H13ClN2O. The standard InChI is InChI=1S/C14H13ClN2O/c1-9-2-7-12(16)13(8-9)17-14(18)10-3-5-11(15)6-4-10/h2-8H,16H2,1H3,(H,17,18). The van der Waals surface area contributed by atoms with Crippen LogP contribution in [0, 0.1) is 6.92 Å². The van der Waals surface area contributed by atoms with E-state index in [4.69, 9.17) is 17.3 Å². The zero-order valence-electron chi connectivity index (χ0n) is 9.91. The van der Waals surface area contributed by atoms with Gasteiger partial charge in [0, 0.05) is 10.6 Å². The SMILES string of the molecule is Cc1ccc(N)c(NC(=O)c2ccc(Cl)cc2)c1. The van der Waals surface area contributed by atoms with Gasteiger partial charge in [-0.15, -0.1) is 0 Å². The molecule has 0 heterocycles. The van der Waals surface area contributed by atoms with E-state index < -0.39 is 0 Å². The van der Waals surface area contributed by atoms with Gasteiger partial charge in [0.1, 0.15) is 0 Å². The number of nitrogen functional groups attached to an aromatic ring is 1. The first kappa shape index (κ1) is 12.5. The summed E-state index contributed by atoms with van der Waals surface area (Å²) in [7, 11) is 0. The number of amides is 1. The number of carbonyl (C=O) groups is 1. The number of hydrogen-bond donors (Lipinski definition) is 2. The molecule has 0 spiro atoms. The minimum atomic E-state index is -0.205. The van der Waals surface area contributed by atoms with E-state index in [0.29, 0.717) is 22.0 Å². The molecule has 0 saturated heterocycles. The van der Waals surface area contributed by atoms with E-state index in [1.165, 1.54) is 0 Å². The van der Waals surface area contributed by atoms with Crippen molar-refractivity contribution in [2.24, 2.45) is 0 Å². The molecule has 0 aliphatic carbocycles.